The van der Waals surface area contributed by atoms with Crippen molar-refractivity contribution >= 4 is 16.8 Å². The van der Waals surface area contributed by atoms with E-state index in [4.69, 9.17) is 4.74 Å². The SMILES string of the molecule is Cc1nn(C(C)C(=O)NCCN2CCOCC2)c2ccccc12. The normalized spacial score (nSPS) is 17.3. The van der Waals surface area contributed by atoms with Gasteiger partial charge in [-0.05, 0) is 19.9 Å². The predicted molar refractivity (Wildman–Crippen MR) is 89.4 cm³/mol. The molecule has 124 valence electrons. The Labute approximate surface area is 136 Å². The molecule has 6 nitrogen and oxygen atoms in total. The second-order valence-corrected chi connectivity index (χ2v) is 5.97. The van der Waals surface area contributed by atoms with Crippen LogP contribution in [-0.4, -0.2) is 60.0 Å². The first-order valence-corrected chi connectivity index (χ1v) is 8.18. The Morgan fingerprint density at radius 2 is 2.09 bits per heavy atom. The number of nitrogens with one attached hydrogen (secondary N) is 1. The summed E-state index contributed by atoms with van der Waals surface area (Å²) in [5.41, 5.74) is 1.95. The maximum Gasteiger partial charge on any atom is 0.244 e. The molecule has 0 saturated carbocycles. The second-order valence-electron chi connectivity index (χ2n) is 5.97. The zero-order valence-electron chi connectivity index (χ0n) is 13.8. The van der Waals surface area contributed by atoms with E-state index in [1.54, 1.807) is 0 Å². The number of ether oxygens (including phenoxy) is 1. The van der Waals surface area contributed by atoms with Gasteiger partial charge in [-0.1, -0.05) is 18.2 Å². The van der Waals surface area contributed by atoms with Crippen LogP contribution in [0.2, 0.25) is 0 Å². The van der Waals surface area contributed by atoms with Crippen molar-refractivity contribution in [3.05, 3.63) is 30.0 Å². The van der Waals surface area contributed by atoms with Crippen LogP contribution in [0.4, 0.5) is 0 Å². The van der Waals surface area contributed by atoms with E-state index >= 15 is 0 Å². The number of hydrogen-bond acceptors (Lipinski definition) is 4. The first kappa shape index (κ1) is 16.0. The molecule has 1 aromatic heterocycles. The maximum atomic E-state index is 12.4. The summed E-state index contributed by atoms with van der Waals surface area (Å²) < 4.78 is 7.14. The lowest BCUT2D eigenvalue weighted by Gasteiger charge is -2.26. The smallest absolute Gasteiger partial charge is 0.244 e. The van der Waals surface area contributed by atoms with Crippen LogP contribution in [0.1, 0.15) is 18.7 Å². The van der Waals surface area contributed by atoms with Crippen LogP contribution in [0.25, 0.3) is 10.9 Å². The molecular formula is C17H24N4O2. The van der Waals surface area contributed by atoms with Gasteiger partial charge in [-0.25, -0.2) is 0 Å². The number of morpholine rings is 1. The summed E-state index contributed by atoms with van der Waals surface area (Å²) >= 11 is 0. The van der Waals surface area contributed by atoms with Gasteiger partial charge >= 0.3 is 0 Å². The number of nitrogens with zero attached hydrogens (tertiary/aromatic N) is 3. The Bertz CT molecular complexity index is 676. The minimum Gasteiger partial charge on any atom is -0.379 e. The number of carbonyl (C=O) groups is 1. The van der Waals surface area contributed by atoms with Crippen molar-refractivity contribution in [3.8, 4) is 0 Å². The van der Waals surface area contributed by atoms with Gasteiger partial charge in [0.15, 0.2) is 0 Å². The van der Waals surface area contributed by atoms with Gasteiger partial charge in [0, 0.05) is 31.6 Å². The number of fused-ring (bicyclic) bond motifs is 1. The van der Waals surface area contributed by atoms with Gasteiger partial charge in [-0.2, -0.15) is 5.10 Å². The minimum absolute atomic E-state index is 0.00603. The molecule has 3 rings (SSSR count). The molecule has 1 fully saturated rings. The number of rotatable bonds is 5. The van der Waals surface area contributed by atoms with E-state index in [2.05, 4.69) is 15.3 Å². The van der Waals surface area contributed by atoms with Crippen molar-refractivity contribution in [2.24, 2.45) is 0 Å². The average Bonchev–Trinajstić information content (AvgIpc) is 2.92. The molecule has 1 aliphatic heterocycles. The fourth-order valence-electron chi connectivity index (χ4n) is 2.96. The third kappa shape index (κ3) is 3.54. The minimum atomic E-state index is -0.321. The first-order valence-electron chi connectivity index (χ1n) is 8.18. The Hall–Kier alpha value is -1.92. The van der Waals surface area contributed by atoms with E-state index in [1.807, 2.05) is 42.8 Å². The van der Waals surface area contributed by atoms with E-state index in [0.29, 0.717) is 6.54 Å². The topological polar surface area (TPSA) is 59.4 Å². The van der Waals surface area contributed by atoms with E-state index in [0.717, 1.165) is 49.4 Å². The number of aryl methyl sites for hydroxylation is 1. The Kier molecular flexibility index (Phi) is 4.93. The van der Waals surface area contributed by atoms with Crippen molar-refractivity contribution in [1.29, 1.82) is 0 Å². The summed E-state index contributed by atoms with van der Waals surface area (Å²) in [6.45, 7) is 8.82. The van der Waals surface area contributed by atoms with E-state index < -0.39 is 0 Å². The Balaban J connectivity index is 1.60. The molecule has 23 heavy (non-hydrogen) atoms. The highest BCUT2D eigenvalue weighted by Gasteiger charge is 2.19. The van der Waals surface area contributed by atoms with Gasteiger partial charge in [0.25, 0.3) is 0 Å². The zero-order valence-corrected chi connectivity index (χ0v) is 13.8. The molecular weight excluding hydrogens is 292 g/mol. The molecule has 1 atom stereocenters. The Morgan fingerprint density at radius 3 is 2.87 bits per heavy atom. The van der Waals surface area contributed by atoms with Crippen LogP contribution in [0.3, 0.4) is 0 Å². The van der Waals surface area contributed by atoms with Gasteiger partial charge in [-0.15, -0.1) is 0 Å². The van der Waals surface area contributed by atoms with Crippen LogP contribution >= 0.6 is 0 Å². The van der Waals surface area contributed by atoms with Crippen LogP contribution in [0, 0.1) is 6.92 Å². The predicted octanol–water partition coefficient (Wildman–Crippen LogP) is 1.35. The first-order chi connectivity index (χ1) is 11.2. The lowest BCUT2D eigenvalue weighted by molar-refractivity contribution is -0.124. The van der Waals surface area contributed by atoms with Gasteiger partial charge in [0.05, 0.1) is 24.4 Å². The molecule has 1 saturated heterocycles. The van der Waals surface area contributed by atoms with Crippen LogP contribution in [0.5, 0.6) is 0 Å². The summed E-state index contributed by atoms with van der Waals surface area (Å²) in [7, 11) is 0. The molecule has 6 heteroatoms. The third-order valence-corrected chi connectivity index (χ3v) is 4.38. The van der Waals surface area contributed by atoms with Crippen molar-refractivity contribution in [3.63, 3.8) is 0 Å². The lowest BCUT2D eigenvalue weighted by Crippen LogP contribution is -2.42. The number of aromatic nitrogens is 2. The maximum absolute atomic E-state index is 12.4. The fourth-order valence-corrected chi connectivity index (χ4v) is 2.96. The van der Waals surface area contributed by atoms with E-state index in [9.17, 15) is 4.79 Å². The number of carbonyl (C=O) groups excluding carboxylic acids is 1. The molecule has 1 unspecified atom stereocenters. The number of para-hydroxylation sites is 1. The third-order valence-electron chi connectivity index (χ3n) is 4.38. The molecule has 2 aromatic rings. The van der Waals surface area contributed by atoms with Crippen LogP contribution in [-0.2, 0) is 9.53 Å². The summed E-state index contributed by atoms with van der Waals surface area (Å²) in [6, 6.07) is 7.69. The summed E-state index contributed by atoms with van der Waals surface area (Å²) in [5.74, 6) is 0.00603. The molecule has 1 aromatic carbocycles. The number of benzene rings is 1. The molecule has 1 N–H and O–H groups in total. The van der Waals surface area contributed by atoms with Crippen molar-refractivity contribution in [2.45, 2.75) is 19.9 Å². The fraction of sp³-hybridized carbons (Fsp3) is 0.529. The highest BCUT2D eigenvalue weighted by atomic mass is 16.5. The number of hydrogen-bond donors (Lipinski definition) is 1. The monoisotopic (exact) mass is 316 g/mol. The molecule has 2 heterocycles. The molecule has 0 aliphatic carbocycles. The largest absolute Gasteiger partial charge is 0.379 e. The Morgan fingerprint density at radius 1 is 1.35 bits per heavy atom. The van der Waals surface area contributed by atoms with E-state index in [-0.39, 0.29) is 11.9 Å². The summed E-state index contributed by atoms with van der Waals surface area (Å²) in [4.78, 5) is 14.7. The van der Waals surface area contributed by atoms with Gasteiger partial charge < -0.3 is 10.1 Å². The molecule has 0 spiro atoms. The molecule has 1 aliphatic rings. The molecule has 0 bridgehead atoms. The van der Waals surface area contributed by atoms with Gasteiger partial charge in [0.2, 0.25) is 5.91 Å². The highest BCUT2D eigenvalue weighted by Crippen LogP contribution is 2.21. The zero-order chi connectivity index (χ0) is 16.2. The van der Waals surface area contributed by atoms with Crippen molar-refractivity contribution in [1.82, 2.24) is 20.0 Å². The average molecular weight is 316 g/mol. The van der Waals surface area contributed by atoms with Gasteiger partial charge in [-0.3, -0.25) is 14.4 Å². The van der Waals surface area contributed by atoms with E-state index in [1.165, 1.54) is 0 Å². The molecule has 0 radical (unpaired) electrons. The quantitative estimate of drug-likeness (QED) is 0.905. The second kappa shape index (κ2) is 7.10. The molecule has 1 amide bonds. The van der Waals surface area contributed by atoms with Crippen molar-refractivity contribution < 1.29 is 9.53 Å². The van der Waals surface area contributed by atoms with Crippen LogP contribution in [0.15, 0.2) is 24.3 Å². The summed E-state index contributed by atoms with van der Waals surface area (Å²) in [6.07, 6.45) is 0. The summed E-state index contributed by atoms with van der Waals surface area (Å²) in [5, 5.41) is 8.66. The standard InChI is InChI=1S/C17H24N4O2/c1-13-15-5-3-4-6-16(15)21(19-13)14(2)17(22)18-7-8-20-9-11-23-12-10-20/h3-6,14H,7-12H2,1-2H3,(H,18,22). The number of amides is 1. The van der Waals surface area contributed by atoms with Crippen molar-refractivity contribution in [2.75, 3.05) is 39.4 Å². The highest BCUT2D eigenvalue weighted by molar-refractivity contribution is 5.86. The van der Waals surface area contributed by atoms with Gasteiger partial charge in [0.1, 0.15) is 6.04 Å². The lowest BCUT2D eigenvalue weighted by atomic mass is 10.2. The van der Waals surface area contributed by atoms with Crippen LogP contribution < -0.4 is 5.32 Å².